The van der Waals surface area contributed by atoms with Crippen molar-refractivity contribution in [2.75, 3.05) is 11.9 Å². The van der Waals surface area contributed by atoms with Gasteiger partial charge in [0.2, 0.25) is 0 Å². The number of aryl methyl sites for hydroxylation is 2. The van der Waals surface area contributed by atoms with Crippen LogP contribution in [0.5, 0.6) is 0 Å². The molecule has 0 aliphatic heterocycles. The highest BCUT2D eigenvalue weighted by Crippen LogP contribution is 2.14. The standard InChI is InChI=1S/C18H18FNO3/c1-12-6-7-16(8-13(12)2)20-17(21)11-23-18(22)10-14-4-3-5-15(19)9-14/h3-9H,10-11H2,1-2H3,(H,20,21). The minimum atomic E-state index is -0.578. The van der Waals surface area contributed by atoms with E-state index in [1.165, 1.54) is 18.2 Å². The van der Waals surface area contributed by atoms with Crippen LogP contribution in [-0.4, -0.2) is 18.5 Å². The molecule has 1 N–H and O–H groups in total. The quantitative estimate of drug-likeness (QED) is 0.862. The first-order chi connectivity index (χ1) is 10.9. The number of carbonyl (C=O) groups is 2. The summed E-state index contributed by atoms with van der Waals surface area (Å²) < 4.78 is 17.9. The fourth-order valence-corrected chi connectivity index (χ4v) is 2.03. The number of benzene rings is 2. The lowest BCUT2D eigenvalue weighted by atomic mass is 10.1. The first kappa shape index (κ1) is 16.7. The first-order valence-electron chi connectivity index (χ1n) is 7.21. The third-order valence-electron chi connectivity index (χ3n) is 3.39. The van der Waals surface area contributed by atoms with Crippen molar-refractivity contribution in [3.05, 3.63) is 65.0 Å². The number of hydrogen-bond acceptors (Lipinski definition) is 3. The zero-order chi connectivity index (χ0) is 16.8. The number of carbonyl (C=O) groups excluding carboxylic acids is 2. The second kappa shape index (κ2) is 7.54. The maximum atomic E-state index is 13.0. The van der Waals surface area contributed by atoms with Crippen LogP contribution in [0, 0.1) is 19.7 Å². The van der Waals surface area contributed by atoms with Crippen molar-refractivity contribution in [1.29, 1.82) is 0 Å². The number of rotatable bonds is 5. The molecule has 0 aliphatic carbocycles. The number of ether oxygens (including phenoxy) is 1. The van der Waals surface area contributed by atoms with Crippen LogP contribution in [0.3, 0.4) is 0 Å². The Labute approximate surface area is 134 Å². The third kappa shape index (κ3) is 5.21. The molecule has 0 fully saturated rings. The SMILES string of the molecule is Cc1ccc(NC(=O)COC(=O)Cc2cccc(F)c2)cc1C. The van der Waals surface area contributed by atoms with Gasteiger partial charge < -0.3 is 10.1 Å². The molecule has 5 heteroatoms. The first-order valence-corrected chi connectivity index (χ1v) is 7.21. The van der Waals surface area contributed by atoms with Gasteiger partial charge in [0, 0.05) is 5.69 Å². The summed E-state index contributed by atoms with van der Waals surface area (Å²) in [7, 11) is 0. The van der Waals surface area contributed by atoms with Crippen LogP contribution in [0.4, 0.5) is 10.1 Å². The van der Waals surface area contributed by atoms with E-state index in [4.69, 9.17) is 4.74 Å². The van der Waals surface area contributed by atoms with E-state index in [2.05, 4.69) is 5.32 Å². The van der Waals surface area contributed by atoms with Crippen LogP contribution >= 0.6 is 0 Å². The minimum absolute atomic E-state index is 0.0747. The molecule has 1 amide bonds. The van der Waals surface area contributed by atoms with Crippen LogP contribution < -0.4 is 5.32 Å². The van der Waals surface area contributed by atoms with Crippen molar-refractivity contribution >= 4 is 17.6 Å². The number of nitrogens with one attached hydrogen (secondary N) is 1. The number of anilines is 1. The van der Waals surface area contributed by atoms with Gasteiger partial charge in [-0.2, -0.15) is 0 Å². The van der Waals surface area contributed by atoms with E-state index in [9.17, 15) is 14.0 Å². The van der Waals surface area contributed by atoms with E-state index >= 15 is 0 Å². The van der Waals surface area contributed by atoms with Crippen molar-refractivity contribution < 1.29 is 18.7 Å². The topological polar surface area (TPSA) is 55.4 Å². The maximum absolute atomic E-state index is 13.0. The Kier molecular flexibility index (Phi) is 5.46. The zero-order valence-corrected chi connectivity index (χ0v) is 13.1. The van der Waals surface area contributed by atoms with Crippen molar-refractivity contribution in [3.8, 4) is 0 Å². The summed E-state index contributed by atoms with van der Waals surface area (Å²) in [6, 6.07) is 11.2. The highest BCUT2D eigenvalue weighted by Gasteiger charge is 2.09. The molecular formula is C18H18FNO3. The summed E-state index contributed by atoms with van der Waals surface area (Å²) in [5.74, 6) is -1.41. The lowest BCUT2D eigenvalue weighted by Crippen LogP contribution is -2.21. The van der Waals surface area contributed by atoms with Crippen molar-refractivity contribution in [3.63, 3.8) is 0 Å². The van der Waals surface area contributed by atoms with E-state index in [1.54, 1.807) is 12.1 Å². The van der Waals surface area contributed by atoms with E-state index in [1.807, 2.05) is 26.0 Å². The summed E-state index contributed by atoms with van der Waals surface area (Å²) in [5, 5.41) is 2.66. The normalized spacial score (nSPS) is 10.2. The number of amides is 1. The Hall–Kier alpha value is -2.69. The highest BCUT2D eigenvalue weighted by molar-refractivity contribution is 5.93. The lowest BCUT2D eigenvalue weighted by Gasteiger charge is -2.08. The maximum Gasteiger partial charge on any atom is 0.310 e. The predicted molar refractivity (Wildman–Crippen MR) is 85.6 cm³/mol. The van der Waals surface area contributed by atoms with Crippen LogP contribution in [0.25, 0.3) is 0 Å². The molecule has 0 heterocycles. The predicted octanol–water partition coefficient (Wildman–Crippen LogP) is 3.17. The van der Waals surface area contributed by atoms with E-state index in [0.29, 0.717) is 11.3 Å². The Morgan fingerprint density at radius 2 is 1.87 bits per heavy atom. The van der Waals surface area contributed by atoms with Gasteiger partial charge in [0.05, 0.1) is 6.42 Å². The Morgan fingerprint density at radius 1 is 1.09 bits per heavy atom. The molecule has 2 aromatic rings. The fraction of sp³-hybridized carbons (Fsp3) is 0.222. The molecule has 23 heavy (non-hydrogen) atoms. The molecule has 0 saturated heterocycles. The molecular weight excluding hydrogens is 297 g/mol. The van der Waals surface area contributed by atoms with Crippen molar-refractivity contribution in [1.82, 2.24) is 0 Å². The molecule has 0 bridgehead atoms. The smallest absolute Gasteiger partial charge is 0.310 e. The van der Waals surface area contributed by atoms with Gasteiger partial charge in [-0.25, -0.2) is 4.39 Å². The van der Waals surface area contributed by atoms with Gasteiger partial charge in [-0.1, -0.05) is 18.2 Å². The molecule has 2 rings (SSSR count). The Morgan fingerprint density at radius 3 is 2.57 bits per heavy atom. The molecule has 4 nitrogen and oxygen atoms in total. The number of esters is 1. The van der Waals surface area contributed by atoms with E-state index in [0.717, 1.165) is 11.1 Å². The second-order valence-corrected chi connectivity index (χ2v) is 5.31. The molecule has 0 aromatic heterocycles. The van der Waals surface area contributed by atoms with Gasteiger partial charge in [0.15, 0.2) is 6.61 Å². The lowest BCUT2D eigenvalue weighted by molar-refractivity contribution is -0.146. The van der Waals surface area contributed by atoms with Gasteiger partial charge in [0.25, 0.3) is 5.91 Å². The van der Waals surface area contributed by atoms with Crippen LogP contribution in [-0.2, 0) is 20.7 Å². The Balaban J connectivity index is 1.81. The zero-order valence-electron chi connectivity index (χ0n) is 13.1. The summed E-state index contributed by atoms with van der Waals surface area (Å²) in [6.07, 6.45) is -0.0747. The Bertz CT molecular complexity index is 728. The average Bonchev–Trinajstić information content (AvgIpc) is 2.49. The summed E-state index contributed by atoms with van der Waals surface area (Å²) in [6.45, 7) is 3.56. The van der Waals surface area contributed by atoms with Crippen molar-refractivity contribution in [2.45, 2.75) is 20.3 Å². The second-order valence-electron chi connectivity index (χ2n) is 5.31. The van der Waals surface area contributed by atoms with Gasteiger partial charge in [0.1, 0.15) is 5.82 Å². The van der Waals surface area contributed by atoms with Crippen LogP contribution in [0.2, 0.25) is 0 Å². The summed E-state index contributed by atoms with van der Waals surface area (Å²) in [5.41, 5.74) is 3.35. The third-order valence-corrected chi connectivity index (χ3v) is 3.39. The molecule has 0 unspecified atom stereocenters. The summed E-state index contributed by atoms with van der Waals surface area (Å²) >= 11 is 0. The molecule has 0 aliphatic rings. The molecule has 120 valence electrons. The van der Waals surface area contributed by atoms with Gasteiger partial charge in [-0.15, -0.1) is 0 Å². The highest BCUT2D eigenvalue weighted by atomic mass is 19.1. The number of hydrogen-bond donors (Lipinski definition) is 1. The molecule has 0 spiro atoms. The molecule has 2 aromatic carbocycles. The fourth-order valence-electron chi connectivity index (χ4n) is 2.03. The van der Waals surface area contributed by atoms with Crippen LogP contribution in [0.15, 0.2) is 42.5 Å². The molecule has 0 atom stereocenters. The molecule has 0 saturated carbocycles. The monoisotopic (exact) mass is 315 g/mol. The van der Waals surface area contributed by atoms with E-state index < -0.39 is 17.7 Å². The van der Waals surface area contributed by atoms with Crippen LogP contribution in [0.1, 0.15) is 16.7 Å². The van der Waals surface area contributed by atoms with Gasteiger partial charge in [-0.05, 0) is 54.8 Å². The minimum Gasteiger partial charge on any atom is -0.455 e. The van der Waals surface area contributed by atoms with Gasteiger partial charge >= 0.3 is 5.97 Å². The largest absolute Gasteiger partial charge is 0.455 e. The number of halogens is 1. The van der Waals surface area contributed by atoms with E-state index in [-0.39, 0.29) is 13.0 Å². The molecule has 0 radical (unpaired) electrons. The van der Waals surface area contributed by atoms with Crippen molar-refractivity contribution in [2.24, 2.45) is 0 Å². The average molecular weight is 315 g/mol. The van der Waals surface area contributed by atoms with Gasteiger partial charge in [-0.3, -0.25) is 9.59 Å². The summed E-state index contributed by atoms with van der Waals surface area (Å²) in [4.78, 5) is 23.4.